The Morgan fingerprint density at radius 2 is 1.81 bits per heavy atom. The molecule has 3 aromatic rings. The first-order valence-corrected chi connectivity index (χ1v) is 11.0. The van der Waals surface area contributed by atoms with Crippen LogP contribution in [-0.2, 0) is 11.6 Å². The Hall–Kier alpha value is -4.02. The SMILES string of the molecule is N#CC1(c2cc(Nc3nc(NC4CCC(F)(F)C4)nc(-c4cncc(C(F)(F)F)n4)n3)ccn2)CC1. The smallest absolute Gasteiger partial charge is 0.351 e. The minimum atomic E-state index is -4.74. The molecule has 186 valence electrons. The predicted molar refractivity (Wildman–Crippen MR) is 116 cm³/mol. The summed E-state index contributed by atoms with van der Waals surface area (Å²) < 4.78 is 66.8. The minimum Gasteiger partial charge on any atom is -0.351 e. The number of rotatable bonds is 6. The van der Waals surface area contributed by atoms with Crippen LogP contribution in [0.5, 0.6) is 0 Å². The number of pyridine rings is 1. The van der Waals surface area contributed by atoms with E-state index in [0.717, 1.165) is 6.20 Å². The van der Waals surface area contributed by atoms with Crippen molar-refractivity contribution in [3.05, 3.63) is 42.1 Å². The first kappa shape index (κ1) is 23.7. The van der Waals surface area contributed by atoms with Crippen LogP contribution in [0, 0.1) is 11.3 Å². The van der Waals surface area contributed by atoms with E-state index in [1.165, 1.54) is 6.20 Å². The van der Waals surface area contributed by atoms with Crippen LogP contribution in [0.1, 0.15) is 43.5 Å². The van der Waals surface area contributed by atoms with Crippen LogP contribution >= 0.6 is 0 Å². The van der Waals surface area contributed by atoms with Crippen LogP contribution in [0.2, 0.25) is 0 Å². The maximum Gasteiger partial charge on any atom is 0.434 e. The third-order valence-electron chi connectivity index (χ3n) is 6.00. The van der Waals surface area contributed by atoms with Crippen LogP contribution in [0.4, 0.5) is 39.5 Å². The number of alkyl halides is 5. The van der Waals surface area contributed by atoms with Gasteiger partial charge in [0, 0.05) is 30.8 Å². The second-order valence-electron chi connectivity index (χ2n) is 8.78. The lowest BCUT2D eigenvalue weighted by atomic mass is 10.0. The summed E-state index contributed by atoms with van der Waals surface area (Å²) in [7, 11) is 0. The van der Waals surface area contributed by atoms with Gasteiger partial charge in [-0.2, -0.15) is 33.4 Å². The van der Waals surface area contributed by atoms with E-state index in [1.54, 1.807) is 12.1 Å². The molecule has 9 nitrogen and oxygen atoms in total. The van der Waals surface area contributed by atoms with Gasteiger partial charge in [-0.15, -0.1) is 0 Å². The van der Waals surface area contributed by atoms with Crippen molar-refractivity contribution >= 4 is 17.6 Å². The summed E-state index contributed by atoms with van der Waals surface area (Å²) in [6.45, 7) is 0. The zero-order valence-corrected chi connectivity index (χ0v) is 18.5. The van der Waals surface area contributed by atoms with Crippen molar-refractivity contribution < 1.29 is 22.0 Å². The van der Waals surface area contributed by atoms with Gasteiger partial charge in [-0.25, -0.2) is 13.8 Å². The number of aromatic nitrogens is 6. The fraction of sp³-hybridized carbons (Fsp3) is 0.409. The maximum atomic E-state index is 13.7. The van der Waals surface area contributed by atoms with Gasteiger partial charge < -0.3 is 10.6 Å². The van der Waals surface area contributed by atoms with Crippen molar-refractivity contribution in [3.8, 4) is 17.6 Å². The van der Waals surface area contributed by atoms with E-state index in [-0.39, 0.29) is 36.3 Å². The van der Waals surface area contributed by atoms with Gasteiger partial charge in [0.15, 0.2) is 11.5 Å². The number of nitrogens with zero attached hydrogens (tertiary/aromatic N) is 7. The Labute approximate surface area is 201 Å². The molecule has 0 spiro atoms. The number of nitriles is 1. The Bertz CT molecular complexity index is 1330. The molecular weight excluding hydrogens is 485 g/mol. The van der Waals surface area contributed by atoms with E-state index in [9.17, 15) is 27.2 Å². The Kier molecular flexibility index (Phi) is 5.65. The van der Waals surface area contributed by atoms with Crippen LogP contribution in [0.25, 0.3) is 11.5 Å². The summed E-state index contributed by atoms with van der Waals surface area (Å²) >= 11 is 0. The summed E-state index contributed by atoms with van der Waals surface area (Å²) in [5.41, 5.74) is -1.10. The topological polar surface area (TPSA) is 125 Å². The van der Waals surface area contributed by atoms with Gasteiger partial charge >= 0.3 is 6.18 Å². The molecule has 2 N–H and O–H groups in total. The molecule has 1 unspecified atom stereocenters. The zero-order chi connectivity index (χ0) is 25.6. The highest BCUT2D eigenvalue weighted by atomic mass is 19.4. The number of hydrogen-bond donors (Lipinski definition) is 2. The highest BCUT2D eigenvalue weighted by Gasteiger charge is 2.46. The van der Waals surface area contributed by atoms with Crippen molar-refractivity contribution in [2.75, 3.05) is 10.6 Å². The molecule has 36 heavy (non-hydrogen) atoms. The highest BCUT2D eigenvalue weighted by molar-refractivity contribution is 5.59. The van der Waals surface area contributed by atoms with E-state index >= 15 is 0 Å². The van der Waals surface area contributed by atoms with Gasteiger partial charge in [-0.3, -0.25) is 9.97 Å². The standard InChI is InChI=1S/C22H18F5N9/c23-21(24)3-1-13(8-21)32-19-35-17(14-9-29-10-16(33-14)22(25,26)27)34-18(36-19)31-12-2-6-30-15(7-12)20(11-28)4-5-20/h2,6-7,9-10,13H,1,3-5,8H2,(H2,30,31,32,34,35,36). The second-order valence-corrected chi connectivity index (χ2v) is 8.78. The second kappa shape index (κ2) is 8.58. The lowest BCUT2D eigenvalue weighted by Crippen LogP contribution is -2.21. The quantitative estimate of drug-likeness (QED) is 0.463. The summed E-state index contributed by atoms with van der Waals surface area (Å²) in [5, 5.41) is 15.2. The normalized spacial score (nSPS) is 19.9. The minimum absolute atomic E-state index is 0.0644. The molecule has 0 amide bonds. The number of nitrogens with one attached hydrogen (secondary N) is 2. The fourth-order valence-electron chi connectivity index (χ4n) is 3.93. The van der Waals surface area contributed by atoms with Crippen molar-refractivity contribution in [1.82, 2.24) is 29.9 Å². The summed E-state index contributed by atoms with van der Waals surface area (Å²) in [4.78, 5) is 23.9. The Morgan fingerprint density at radius 1 is 1.03 bits per heavy atom. The largest absolute Gasteiger partial charge is 0.434 e. The van der Waals surface area contributed by atoms with E-state index in [0.29, 0.717) is 30.4 Å². The van der Waals surface area contributed by atoms with Crippen molar-refractivity contribution in [3.63, 3.8) is 0 Å². The van der Waals surface area contributed by atoms with Gasteiger partial charge in [0.2, 0.25) is 17.8 Å². The lowest BCUT2D eigenvalue weighted by molar-refractivity contribution is -0.141. The van der Waals surface area contributed by atoms with Crippen LogP contribution < -0.4 is 10.6 Å². The molecule has 2 aliphatic rings. The monoisotopic (exact) mass is 503 g/mol. The van der Waals surface area contributed by atoms with Gasteiger partial charge in [0.1, 0.15) is 5.69 Å². The average Bonchev–Trinajstić information content (AvgIpc) is 3.56. The molecule has 2 aliphatic carbocycles. The van der Waals surface area contributed by atoms with E-state index in [1.807, 2.05) is 0 Å². The molecule has 3 aromatic heterocycles. The third kappa shape index (κ3) is 5.00. The predicted octanol–water partition coefficient (Wildman–Crippen LogP) is 4.64. The van der Waals surface area contributed by atoms with Crippen LogP contribution in [-0.4, -0.2) is 41.9 Å². The maximum absolute atomic E-state index is 13.7. The van der Waals surface area contributed by atoms with Gasteiger partial charge in [-0.05, 0) is 31.4 Å². The lowest BCUT2D eigenvalue weighted by Gasteiger charge is -2.15. The summed E-state index contributed by atoms with van der Waals surface area (Å²) in [6.07, 6.45) is -0.771. The fourth-order valence-corrected chi connectivity index (χ4v) is 3.93. The zero-order valence-electron chi connectivity index (χ0n) is 18.5. The molecule has 0 saturated heterocycles. The molecule has 14 heteroatoms. The van der Waals surface area contributed by atoms with Crippen LogP contribution in [0.3, 0.4) is 0 Å². The molecule has 0 bridgehead atoms. The average molecular weight is 503 g/mol. The van der Waals surface area contributed by atoms with Gasteiger partial charge in [0.05, 0.1) is 29.6 Å². The number of halogens is 5. The third-order valence-corrected chi connectivity index (χ3v) is 6.00. The Balaban J connectivity index is 1.49. The van der Waals surface area contributed by atoms with E-state index in [2.05, 4.69) is 46.6 Å². The Morgan fingerprint density at radius 3 is 2.47 bits per heavy atom. The molecule has 3 heterocycles. The van der Waals surface area contributed by atoms with Crippen LogP contribution in [0.15, 0.2) is 30.7 Å². The van der Waals surface area contributed by atoms with Crippen molar-refractivity contribution in [2.45, 2.75) is 55.7 Å². The first-order valence-electron chi connectivity index (χ1n) is 11.0. The van der Waals surface area contributed by atoms with Gasteiger partial charge in [-0.1, -0.05) is 0 Å². The van der Waals surface area contributed by atoms with Crippen molar-refractivity contribution in [1.29, 1.82) is 5.26 Å². The van der Waals surface area contributed by atoms with E-state index < -0.39 is 35.7 Å². The highest BCUT2D eigenvalue weighted by Crippen LogP contribution is 2.47. The van der Waals surface area contributed by atoms with E-state index in [4.69, 9.17) is 0 Å². The molecule has 0 aliphatic heterocycles. The molecule has 2 fully saturated rings. The number of anilines is 3. The molecule has 0 radical (unpaired) electrons. The molecule has 2 saturated carbocycles. The van der Waals surface area contributed by atoms with Gasteiger partial charge in [0.25, 0.3) is 0 Å². The number of hydrogen-bond acceptors (Lipinski definition) is 9. The molecule has 1 atom stereocenters. The molecular formula is C22H18F5N9. The first-order chi connectivity index (χ1) is 17.1. The van der Waals surface area contributed by atoms with Crippen molar-refractivity contribution in [2.24, 2.45) is 0 Å². The summed E-state index contributed by atoms with van der Waals surface area (Å²) in [6, 6.07) is 4.89. The molecule has 5 rings (SSSR count). The molecule has 0 aromatic carbocycles. The summed E-state index contributed by atoms with van der Waals surface area (Å²) in [5.74, 6) is -3.23.